The number of hydrogen-bond acceptors (Lipinski definition) is 5. The molecule has 0 aliphatic heterocycles. The lowest BCUT2D eigenvalue weighted by Gasteiger charge is -2.08. The molecular weight excluding hydrogens is 396 g/mol. The summed E-state index contributed by atoms with van der Waals surface area (Å²) in [6.07, 6.45) is 2.82. The number of amides is 2. The van der Waals surface area contributed by atoms with E-state index in [1.807, 2.05) is 24.3 Å². The van der Waals surface area contributed by atoms with Crippen molar-refractivity contribution in [2.45, 2.75) is 38.6 Å². The molecule has 0 aromatic heterocycles. The Labute approximate surface area is 182 Å². The van der Waals surface area contributed by atoms with Gasteiger partial charge in [-0.2, -0.15) is 0 Å². The molecular formula is C24H28N2O5. The maximum atomic E-state index is 12.4. The molecule has 2 atom stereocenters. The summed E-state index contributed by atoms with van der Waals surface area (Å²) in [7, 11) is 1.28. The summed E-state index contributed by atoms with van der Waals surface area (Å²) in [4.78, 5) is 35.2. The van der Waals surface area contributed by atoms with E-state index in [0.29, 0.717) is 24.2 Å². The second kappa shape index (κ2) is 10.6. The van der Waals surface area contributed by atoms with Gasteiger partial charge in [0.15, 0.2) is 0 Å². The van der Waals surface area contributed by atoms with Gasteiger partial charge < -0.3 is 20.1 Å². The van der Waals surface area contributed by atoms with Crippen LogP contribution in [0.3, 0.4) is 0 Å². The van der Waals surface area contributed by atoms with Gasteiger partial charge in [-0.05, 0) is 67.1 Å². The Morgan fingerprint density at radius 3 is 2.26 bits per heavy atom. The molecule has 0 radical (unpaired) electrons. The summed E-state index contributed by atoms with van der Waals surface area (Å²) in [5, 5.41) is 5.51. The van der Waals surface area contributed by atoms with Crippen molar-refractivity contribution in [3.63, 3.8) is 0 Å². The molecule has 0 bridgehead atoms. The van der Waals surface area contributed by atoms with E-state index in [9.17, 15) is 14.4 Å². The van der Waals surface area contributed by atoms with E-state index in [0.717, 1.165) is 18.6 Å². The molecule has 1 aliphatic carbocycles. The van der Waals surface area contributed by atoms with E-state index in [1.54, 1.807) is 24.3 Å². The number of carbonyl (C=O) groups is 3. The highest BCUT2D eigenvalue weighted by molar-refractivity contribution is 5.94. The number of esters is 1. The van der Waals surface area contributed by atoms with E-state index in [2.05, 4.69) is 22.3 Å². The van der Waals surface area contributed by atoms with E-state index >= 15 is 0 Å². The third-order valence-corrected chi connectivity index (χ3v) is 5.32. The van der Waals surface area contributed by atoms with Crippen LogP contribution in [0.15, 0.2) is 48.5 Å². The van der Waals surface area contributed by atoms with Crippen LogP contribution in [-0.2, 0) is 20.7 Å². The van der Waals surface area contributed by atoms with Crippen LogP contribution >= 0.6 is 0 Å². The molecule has 7 heteroatoms. The van der Waals surface area contributed by atoms with E-state index in [1.165, 1.54) is 12.7 Å². The Kier molecular flexibility index (Phi) is 7.65. The summed E-state index contributed by atoms with van der Waals surface area (Å²) in [6, 6.07) is 15.0. The fraction of sp³-hybridized carbons (Fsp3) is 0.375. The fourth-order valence-corrected chi connectivity index (χ4v) is 3.25. The van der Waals surface area contributed by atoms with Crippen LogP contribution in [-0.4, -0.2) is 37.5 Å². The molecule has 2 aromatic rings. The largest absolute Gasteiger partial charge is 0.468 e. The first-order chi connectivity index (χ1) is 15.0. The van der Waals surface area contributed by atoms with Gasteiger partial charge in [-0.3, -0.25) is 14.4 Å². The van der Waals surface area contributed by atoms with Crippen LogP contribution in [0.4, 0.5) is 0 Å². The molecule has 2 amide bonds. The molecule has 31 heavy (non-hydrogen) atoms. The maximum absolute atomic E-state index is 12.4. The molecule has 2 N–H and O–H groups in total. The Morgan fingerprint density at radius 1 is 1.00 bits per heavy atom. The van der Waals surface area contributed by atoms with Gasteiger partial charge in [-0.1, -0.05) is 19.1 Å². The smallest absolute Gasteiger partial charge is 0.325 e. The summed E-state index contributed by atoms with van der Waals surface area (Å²) in [6.45, 7) is 1.98. The zero-order valence-electron chi connectivity index (χ0n) is 17.9. The topological polar surface area (TPSA) is 93.7 Å². The number of benzene rings is 2. The van der Waals surface area contributed by atoms with E-state index in [4.69, 9.17) is 4.74 Å². The normalized spacial score (nSPS) is 16.8. The fourth-order valence-electron chi connectivity index (χ4n) is 3.25. The van der Waals surface area contributed by atoms with Crippen molar-refractivity contribution < 1.29 is 23.9 Å². The van der Waals surface area contributed by atoms with Gasteiger partial charge in [0.25, 0.3) is 5.91 Å². The molecule has 0 spiro atoms. The number of methoxy groups -OCH3 is 1. The minimum Gasteiger partial charge on any atom is -0.468 e. The average Bonchev–Trinajstić information content (AvgIpc) is 3.54. The highest BCUT2D eigenvalue weighted by Gasteiger charge is 2.38. The van der Waals surface area contributed by atoms with Gasteiger partial charge in [0.05, 0.1) is 7.11 Å². The summed E-state index contributed by atoms with van der Waals surface area (Å²) >= 11 is 0. The Morgan fingerprint density at radius 2 is 1.65 bits per heavy atom. The Balaban J connectivity index is 1.40. The lowest BCUT2D eigenvalue weighted by atomic mass is 10.1. The first kappa shape index (κ1) is 22.3. The first-order valence-electron chi connectivity index (χ1n) is 10.5. The summed E-state index contributed by atoms with van der Waals surface area (Å²) < 4.78 is 10.3. The average molecular weight is 424 g/mol. The van der Waals surface area contributed by atoms with Gasteiger partial charge in [0, 0.05) is 18.0 Å². The van der Waals surface area contributed by atoms with Crippen molar-refractivity contribution in [3.8, 4) is 11.5 Å². The van der Waals surface area contributed by atoms with Crippen LogP contribution in [0.2, 0.25) is 0 Å². The molecule has 0 unspecified atom stereocenters. The Hall–Kier alpha value is -3.35. The lowest BCUT2D eigenvalue weighted by Crippen LogP contribution is -2.30. The third kappa shape index (κ3) is 6.84. The standard InChI is InChI=1S/C24H28N2O5/c1-3-16-4-9-19(10-5-16)31-20-11-6-17(7-12-20)24(29)26-21-14-18(21)8-13-22(27)25-15-23(28)30-2/h4-7,9-12,18,21H,3,8,13-15H2,1-2H3,(H,25,27)(H,26,29)/t18-,21+/m1/s1. The van der Waals surface area contributed by atoms with Crippen molar-refractivity contribution in [2.24, 2.45) is 5.92 Å². The van der Waals surface area contributed by atoms with Gasteiger partial charge in [0.2, 0.25) is 5.91 Å². The van der Waals surface area contributed by atoms with Gasteiger partial charge in [0.1, 0.15) is 18.0 Å². The number of ether oxygens (including phenoxy) is 2. The molecule has 164 valence electrons. The molecule has 2 aromatic carbocycles. The Bertz CT molecular complexity index is 909. The molecule has 7 nitrogen and oxygen atoms in total. The predicted molar refractivity (Wildman–Crippen MR) is 116 cm³/mol. The SMILES string of the molecule is CCc1ccc(Oc2ccc(C(=O)N[C@H]3C[C@H]3CCC(=O)NCC(=O)OC)cc2)cc1. The minimum absolute atomic E-state index is 0.0777. The molecule has 1 fully saturated rings. The van der Waals surface area contributed by atoms with Crippen molar-refractivity contribution >= 4 is 17.8 Å². The number of aryl methyl sites for hydroxylation is 1. The van der Waals surface area contributed by atoms with Crippen LogP contribution in [0.5, 0.6) is 11.5 Å². The van der Waals surface area contributed by atoms with Gasteiger partial charge in [-0.15, -0.1) is 0 Å². The molecule has 3 rings (SSSR count). The zero-order valence-corrected chi connectivity index (χ0v) is 17.9. The van der Waals surface area contributed by atoms with Crippen molar-refractivity contribution in [1.82, 2.24) is 10.6 Å². The quantitative estimate of drug-likeness (QED) is 0.571. The second-order valence-corrected chi connectivity index (χ2v) is 7.59. The van der Waals surface area contributed by atoms with Crippen molar-refractivity contribution in [1.29, 1.82) is 0 Å². The minimum atomic E-state index is -0.476. The molecule has 1 saturated carbocycles. The predicted octanol–water partition coefficient (Wildman–Crippen LogP) is 3.23. The van der Waals surface area contributed by atoms with Crippen LogP contribution in [0, 0.1) is 5.92 Å². The van der Waals surface area contributed by atoms with Crippen molar-refractivity contribution in [3.05, 3.63) is 59.7 Å². The number of carbonyl (C=O) groups excluding carboxylic acids is 3. The first-order valence-corrected chi connectivity index (χ1v) is 10.5. The van der Waals surface area contributed by atoms with E-state index < -0.39 is 5.97 Å². The second-order valence-electron chi connectivity index (χ2n) is 7.59. The molecule has 0 heterocycles. The summed E-state index contributed by atoms with van der Waals surface area (Å²) in [5.74, 6) is 0.898. The van der Waals surface area contributed by atoms with Gasteiger partial charge in [-0.25, -0.2) is 0 Å². The van der Waals surface area contributed by atoms with Crippen LogP contribution in [0.25, 0.3) is 0 Å². The maximum Gasteiger partial charge on any atom is 0.325 e. The van der Waals surface area contributed by atoms with Crippen LogP contribution in [0.1, 0.15) is 42.1 Å². The monoisotopic (exact) mass is 424 g/mol. The van der Waals surface area contributed by atoms with E-state index in [-0.39, 0.29) is 30.3 Å². The van der Waals surface area contributed by atoms with Gasteiger partial charge >= 0.3 is 5.97 Å². The number of rotatable bonds is 10. The third-order valence-electron chi connectivity index (χ3n) is 5.32. The number of hydrogen-bond donors (Lipinski definition) is 2. The molecule has 1 aliphatic rings. The zero-order chi connectivity index (χ0) is 22.2. The van der Waals surface area contributed by atoms with Crippen molar-refractivity contribution in [2.75, 3.05) is 13.7 Å². The molecule has 0 saturated heterocycles. The van der Waals surface area contributed by atoms with Crippen LogP contribution < -0.4 is 15.4 Å². The highest BCUT2D eigenvalue weighted by atomic mass is 16.5. The lowest BCUT2D eigenvalue weighted by molar-refractivity contribution is -0.141. The summed E-state index contributed by atoms with van der Waals surface area (Å²) in [5.41, 5.74) is 1.81. The highest BCUT2D eigenvalue weighted by Crippen LogP contribution is 2.35. The number of nitrogens with one attached hydrogen (secondary N) is 2.